The molecule has 3 N–H and O–H groups in total. The van der Waals surface area contributed by atoms with Crippen molar-refractivity contribution in [2.45, 2.75) is 38.4 Å². The Balaban J connectivity index is 1.85. The summed E-state index contributed by atoms with van der Waals surface area (Å²) in [7, 11) is 0. The van der Waals surface area contributed by atoms with Gasteiger partial charge < -0.3 is 15.7 Å². The molecule has 2 atom stereocenters. The fraction of sp³-hybridized carbons (Fsp3) is 0.500. The Morgan fingerprint density at radius 2 is 2.27 bits per heavy atom. The molecular weight excluding hydrogens is 280 g/mol. The molecule has 0 unspecified atom stereocenters. The second-order valence-electron chi connectivity index (χ2n) is 6.10. The van der Waals surface area contributed by atoms with E-state index in [0.717, 1.165) is 17.3 Å². The molecule has 1 aliphatic heterocycles. The van der Waals surface area contributed by atoms with Gasteiger partial charge in [-0.2, -0.15) is 5.10 Å². The molecule has 0 radical (unpaired) electrons. The van der Waals surface area contributed by atoms with Crippen molar-refractivity contribution in [3.8, 4) is 0 Å². The first-order valence-electron chi connectivity index (χ1n) is 7.72. The van der Waals surface area contributed by atoms with E-state index in [4.69, 9.17) is 5.11 Å². The van der Waals surface area contributed by atoms with E-state index in [1.807, 2.05) is 42.8 Å². The third-order valence-corrected chi connectivity index (χ3v) is 4.10. The Kier molecular flexibility index (Phi) is 4.13. The number of hydrogen-bond acceptors (Lipinski definition) is 4. The van der Waals surface area contributed by atoms with Crippen LogP contribution in [0.15, 0.2) is 24.3 Å². The summed E-state index contributed by atoms with van der Waals surface area (Å²) in [6.07, 6.45) is 0.741. The van der Waals surface area contributed by atoms with Gasteiger partial charge in [-0.15, -0.1) is 0 Å². The molecule has 1 saturated heterocycles. The molecule has 22 heavy (non-hydrogen) atoms. The van der Waals surface area contributed by atoms with E-state index in [0.29, 0.717) is 12.2 Å². The predicted molar refractivity (Wildman–Crippen MR) is 84.9 cm³/mol. The van der Waals surface area contributed by atoms with Gasteiger partial charge in [0.25, 0.3) is 5.91 Å². The second-order valence-corrected chi connectivity index (χ2v) is 6.10. The van der Waals surface area contributed by atoms with Gasteiger partial charge >= 0.3 is 0 Å². The van der Waals surface area contributed by atoms with E-state index in [-0.39, 0.29) is 30.6 Å². The molecule has 2 heterocycles. The van der Waals surface area contributed by atoms with Crippen LogP contribution in [0.2, 0.25) is 0 Å². The molecule has 1 aromatic heterocycles. The topological polar surface area (TPSA) is 79.2 Å². The molecule has 118 valence electrons. The zero-order chi connectivity index (χ0) is 15.7. The molecule has 3 rings (SSSR count). The maximum Gasteiger partial charge on any atom is 0.272 e. The summed E-state index contributed by atoms with van der Waals surface area (Å²) >= 11 is 0. The largest absolute Gasteiger partial charge is 0.395 e. The highest BCUT2D eigenvalue weighted by molar-refractivity contribution is 6.05. The third kappa shape index (κ3) is 2.71. The van der Waals surface area contributed by atoms with Crippen LogP contribution in [0.3, 0.4) is 0 Å². The number of para-hydroxylation sites is 1. The van der Waals surface area contributed by atoms with Crippen LogP contribution >= 0.6 is 0 Å². The molecule has 1 aromatic carbocycles. The van der Waals surface area contributed by atoms with Crippen LogP contribution in [0.25, 0.3) is 10.9 Å². The smallest absolute Gasteiger partial charge is 0.272 e. The maximum atomic E-state index is 12.6. The highest BCUT2D eigenvalue weighted by Crippen LogP contribution is 2.22. The number of aliphatic hydroxyl groups is 1. The molecule has 0 bridgehead atoms. The molecule has 1 amide bonds. The van der Waals surface area contributed by atoms with Crippen molar-refractivity contribution >= 4 is 16.8 Å². The van der Waals surface area contributed by atoms with Crippen molar-refractivity contribution in [3.05, 3.63) is 30.0 Å². The van der Waals surface area contributed by atoms with E-state index in [1.54, 1.807) is 0 Å². The van der Waals surface area contributed by atoms with Crippen molar-refractivity contribution < 1.29 is 9.90 Å². The number of hydrogen-bond donors (Lipinski definition) is 3. The monoisotopic (exact) mass is 302 g/mol. The summed E-state index contributed by atoms with van der Waals surface area (Å²) in [6.45, 7) is 4.87. The number of carbonyl (C=O) groups excluding carboxylic acids is 1. The molecule has 0 aliphatic carbocycles. The predicted octanol–water partition coefficient (Wildman–Crippen LogP) is 1.07. The minimum atomic E-state index is -0.152. The zero-order valence-corrected chi connectivity index (χ0v) is 12.9. The van der Waals surface area contributed by atoms with Crippen LogP contribution < -0.4 is 10.6 Å². The van der Waals surface area contributed by atoms with Crippen molar-refractivity contribution in [2.24, 2.45) is 0 Å². The summed E-state index contributed by atoms with van der Waals surface area (Å²) in [5.41, 5.74) is 1.44. The number of fused-ring (bicyclic) bond motifs is 1. The molecular formula is C16H22N4O2. The number of carbonyl (C=O) groups is 1. The number of nitrogens with zero attached hydrogens (tertiary/aromatic N) is 2. The minimum absolute atomic E-state index is 0.0348. The van der Waals surface area contributed by atoms with Crippen molar-refractivity contribution in [2.75, 3.05) is 13.2 Å². The lowest BCUT2D eigenvalue weighted by Gasteiger charge is -2.10. The maximum absolute atomic E-state index is 12.6. The first-order valence-corrected chi connectivity index (χ1v) is 7.72. The average molecular weight is 302 g/mol. The molecule has 0 spiro atoms. The fourth-order valence-electron chi connectivity index (χ4n) is 2.97. The summed E-state index contributed by atoms with van der Waals surface area (Å²) in [5, 5.41) is 20.7. The third-order valence-electron chi connectivity index (χ3n) is 4.10. The molecule has 2 aromatic rings. The first-order chi connectivity index (χ1) is 10.6. The lowest BCUT2D eigenvalue weighted by Crippen LogP contribution is -2.36. The van der Waals surface area contributed by atoms with E-state index in [9.17, 15) is 4.79 Å². The van der Waals surface area contributed by atoms with E-state index < -0.39 is 0 Å². The van der Waals surface area contributed by atoms with Gasteiger partial charge in [-0.05, 0) is 26.3 Å². The number of benzene rings is 1. The number of nitrogens with one attached hydrogen (secondary N) is 2. The van der Waals surface area contributed by atoms with Crippen molar-refractivity contribution in [3.63, 3.8) is 0 Å². The second kappa shape index (κ2) is 6.06. The van der Waals surface area contributed by atoms with Crippen LogP contribution in [-0.4, -0.2) is 46.0 Å². The van der Waals surface area contributed by atoms with E-state index >= 15 is 0 Å². The number of amides is 1. The lowest BCUT2D eigenvalue weighted by atomic mass is 10.1. The van der Waals surface area contributed by atoms with E-state index in [1.165, 1.54) is 0 Å². The first kappa shape index (κ1) is 15.0. The van der Waals surface area contributed by atoms with Crippen LogP contribution in [0.5, 0.6) is 0 Å². The molecule has 1 fully saturated rings. The molecule has 0 saturated carbocycles. The van der Waals surface area contributed by atoms with E-state index in [2.05, 4.69) is 15.7 Å². The molecule has 6 heteroatoms. The Hall–Kier alpha value is -1.92. The highest BCUT2D eigenvalue weighted by Gasteiger charge is 2.26. The number of aromatic nitrogens is 2. The van der Waals surface area contributed by atoms with Crippen LogP contribution in [0.1, 0.15) is 36.8 Å². The Morgan fingerprint density at radius 1 is 1.50 bits per heavy atom. The summed E-state index contributed by atoms with van der Waals surface area (Å²) in [4.78, 5) is 12.6. The van der Waals surface area contributed by atoms with Gasteiger partial charge in [-0.3, -0.25) is 9.48 Å². The van der Waals surface area contributed by atoms with Gasteiger partial charge in [-0.1, -0.05) is 18.2 Å². The Morgan fingerprint density at radius 3 is 2.95 bits per heavy atom. The van der Waals surface area contributed by atoms with Crippen LogP contribution in [0.4, 0.5) is 0 Å². The van der Waals surface area contributed by atoms with Gasteiger partial charge in [0.1, 0.15) is 0 Å². The standard InChI is InChI=1S/C16H22N4O2/c1-10(2)20-14-6-4-3-5-13(14)15(19-20)16(22)18-11-7-12(9-21)17-8-11/h3-6,10-12,17,21H,7-9H2,1-2H3,(H,18,22)/t11-,12-/m0/s1. The zero-order valence-electron chi connectivity index (χ0n) is 12.9. The van der Waals surface area contributed by atoms with Gasteiger partial charge in [0, 0.05) is 30.1 Å². The van der Waals surface area contributed by atoms with Crippen LogP contribution in [-0.2, 0) is 0 Å². The summed E-state index contributed by atoms with van der Waals surface area (Å²) < 4.78 is 1.88. The van der Waals surface area contributed by atoms with Gasteiger partial charge in [-0.25, -0.2) is 0 Å². The van der Waals surface area contributed by atoms with Gasteiger partial charge in [0.05, 0.1) is 12.1 Å². The fourth-order valence-corrected chi connectivity index (χ4v) is 2.97. The number of rotatable bonds is 4. The average Bonchev–Trinajstić information content (AvgIpc) is 3.11. The van der Waals surface area contributed by atoms with Crippen molar-refractivity contribution in [1.29, 1.82) is 0 Å². The summed E-state index contributed by atoms with van der Waals surface area (Å²) in [6, 6.07) is 8.08. The summed E-state index contributed by atoms with van der Waals surface area (Å²) in [5.74, 6) is -0.152. The normalized spacial score (nSPS) is 21.6. The SMILES string of the molecule is CC(C)n1nc(C(=O)N[C@@H]2CN[C@H](CO)C2)c2ccccc21. The quantitative estimate of drug-likeness (QED) is 0.789. The Bertz CT molecular complexity index is 680. The van der Waals surface area contributed by atoms with Gasteiger partial charge in [0.15, 0.2) is 5.69 Å². The van der Waals surface area contributed by atoms with Gasteiger partial charge in [0.2, 0.25) is 0 Å². The lowest BCUT2D eigenvalue weighted by molar-refractivity contribution is 0.0934. The highest BCUT2D eigenvalue weighted by atomic mass is 16.3. The Labute approximate surface area is 129 Å². The number of aliphatic hydroxyl groups excluding tert-OH is 1. The van der Waals surface area contributed by atoms with Crippen molar-refractivity contribution in [1.82, 2.24) is 20.4 Å². The molecule has 1 aliphatic rings. The minimum Gasteiger partial charge on any atom is -0.395 e. The van der Waals surface area contributed by atoms with Crippen LogP contribution in [0, 0.1) is 0 Å². The molecule has 6 nitrogen and oxygen atoms in total.